The van der Waals surface area contributed by atoms with E-state index in [1.807, 2.05) is 6.07 Å². The van der Waals surface area contributed by atoms with Crippen molar-refractivity contribution in [3.05, 3.63) is 28.8 Å². The lowest BCUT2D eigenvalue weighted by Gasteiger charge is -2.07. The molecule has 1 aromatic carbocycles. The van der Waals surface area contributed by atoms with Crippen molar-refractivity contribution in [2.24, 2.45) is 5.73 Å². The van der Waals surface area contributed by atoms with Crippen molar-refractivity contribution >= 4 is 17.5 Å². The monoisotopic (exact) mass is 256 g/mol. The Morgan fingerprint density at radius 2 is 2.18 bits per heavy atom. The van der Waals surface area contributed by atoms with Crippen molar-refractivity contribution in [3.8, 4) is 5.75 Å². The number of para-hydroxylation sites is 1. The van der Waals surface area contributed by atoms with Crippen molar-refractivity contribution in [3.63, 3.8) is 0 Å². The molecule has 0 radical (unpaired) electrons. The van der Waals surface area contributed by atoms with Crippen LogP contribution in [0.1, 0.15) is 24.8 Å². The highest BCUT2D eigenvalue weighted by molar-refractivity contribution is 6.32. The number of rotatable bonds is 7. The SMILES string of the molecule is NC(=O)CCCCNCc1cccc(Cl)c1O. The van der Waals surface area contributed by atoms with Crippen LogP contribution in [-0.4, -0.2) is 17.6 Å². The number of carbonyl (C=O) groups is 1. The summed E-state index contributed by atoms with van der Waals surface area (Å²) in [6.07, 6.45) is 2.08. The van der Waals surface area contributed by atoms with E-state index < -0.39 is 0 Å². The Labute approximate surface area is 106 Å². The van der Waals surface area contributed by atoms with Crippen LogP contribution in [0.15, 0.2) is 18.2 Å². The maximum atomic E-state index is 10.5. The summed E-state index contributed by atoms with van der Waals surface area (Å²) in [6, 6.07) is 5.26. The van der Waals surface area contributed by atoms with Gasteiger partial charge >= 0.3 is 0 Å². The molecule has 0 aliphatic carbocycles. The van der Waals surface area contributed by atoms with Crippen LogP contribution in [-0.2, 0) is 11.3 Å². The minimum atomic E-state index is -0.266. The Kier molecular flexibility index (Phi) is 5.80. The molecule has 0 spiro atoms. The van der Waals surface area contributed by atoms with Gasteiger partial charge in [-0.25, -0.2) is 0 Å². The zero-order valence-electron chi connectivity index (χ0n) is 9.58. The number of amides is 1. The van der Waals surface area contributed by atoms with Crippen LogP contribution < -0.4 is 11.1 Å². The van der Waals surface area contributed by atoms with Gasteiger partial charge < -0.3 is 16.2 Å². The third-order valence-electron chi connectivity index (χ3n) is 2.41. The van der Waals surface area contributed by atoms with Crippen molar-refractivity contribution in [2.75, 3.05) is 6.54 Å². The fourth-order valence-electron chi connectivity index (χ4n) is 1.47. The molecule has 94 valence electrons. The number of hydrogen-bond donors (Lipinski definition) is 3. The van der Waals surface area contributed by atoms with E-state index in [2.05, 4.69) is 5.32 Å². The molecule has 0 atom stereocenters. The molecule has 0 saturated heterocycles. The Morgan fingerprint density at radius 1 is 1.41 bits per heavy atom. The smallest absolute Gasteiger partial charge is 0.217 e. The number of carbonyl (C=O) groups excluding carboxylic acids is 1. The molecule has 0 bridgehead atoms. The number of unbranched alkanes of at least 4 members (excludes halogenated alkanes) is 1. The highest BCUT2D eigenvalue weighted by Gasteiger charge is 2.03. The standard InChI is InChI=1S/C12H17ClN2O2/c13-10-5-3-4-9(12(10)17)8-15-7-2-1-6-11(14)16/h3-5,15,17H,1-2,6-8H2,(H2,14,16). The minimum Gasteiger partial charge on any atom is -0.506 e. The summed E-state index contributed by atoms with van der Waals surface area (Å²) in [5.74, 6) is -0.142. The number of halogens is 1. The predicted octanol–water partition coefficient (Wildman–Crippen LogP) is 1.79. The van der Waals surface area contributed by atoms with E-state index in [-0.39, 0.29) is 11.7 Å². The molecule has 1 aromatic rings. The van der Waals surface area contributed by atoms with Gasteiger partial charge in [0.1, 0.15) is 5.75 Å². The van der Waals surface area contributed by atoms with Gasteiger partial charge in [0, 0.05) is 18.5 Å². The van der Waals surface area contributed by atoms with Gasteiger partial charge in [0.15, 0.2) is 0 Å². The predicted molar refractivity (Wildman–Crippen MR) is 67.9 cm³/mol. The summed E-state index contributed by atoms with van der Waals surface area (Å²) in [6.45, 7) is 1.34. The van der Waals surface area contributed by atoms with Crippen LogP contribution in [0.3, 0.4) is 0 Å². The maximum Gasteiger partial charge on any atom is 0.217 e. The van der Waals surface area contributed by atoms with E-state index in [0.29, 0.717) is 18.0 Å². The number of phenolic OH excluding ortho intramolecular Hbond substituents is 1. The molecule has 5 heteroatoms. The van der Waals surface area contributed by atoms with E-state index in [1.165, 1.54) is 0 Å². The van der Waals surface area contributed by atoms with Crippen LogP contribution >= 0.6 is 11.6 Å². The van der Waals surface area contributed by atoms with Gasteiger partial charge in [0.05, 0.1) is 5.02 Å². The van der Waals surface area contributed by atoms with E-state index in [0.717, 1.165) is 24.9 Å². The van der Waals surface area contributed by atoms with E-state index in [1.54, 1.807) is 12.1 Å². The summed E-state index contributed by atoms with van der Waals surface area (Å²) in [4.78, 5) is 10.5. The van der Waals surface area contributed by atoms with E-state index in [4.69, 9.17) is 17.3 Å². The number of benzene rings is 1. The first kappa shape index (κ1) is 13.8. The first-order chi connectivity index (χ1) is 8.11. The van der Waals surface area contributed by atoms with E-state index >= 15 is 0 Å². The Bertz CT molecular complexity index is 383. The first-order valence-corrected chi connectivity index (χ1v) is 5.94. The molecule has 0 heterocycles. The zero-order valence-corrected chi connectivity index (χ0v) is 10.3. The van der Waals surface area contributed by atoms with E-state index in [9.17, 15) is 9.90 Å². The highest BCUT2D eigenvalue weighted by Crippen LogP contribution is 2.26. The summed E-state index contributed by atoms with van der Waals surface area (Å²) in [5.41, 5.74) is 5.80. The highest BCUT2D eigenvalue weighted by atomic mass is 35.5. The number of aromatic hydroxyl groups is 1. The number of phenols is 1. The molecule has 0 aromatic heterocycles. The Balaban J connectivity index is 2.22. The van der Waals surface area contributed by atoms with Gasteiger partial charge in [-0.2, -0.15) is 0 Å². The van der Waals surface area contributed by atoms with Gasteiger partial charge in [0.2, 0.25) is 5.91 Å². The van der Waals surface area contributed by atoms with Gasteiger partial charge in [-0.05, 0) is 25.5 Å². The van der Waals surface area contributed by atoms with Gasteiger partial charge in [-0.15, -0.1) is 0 Å². The van der Waals surface area contributed by atoms with Gasteiger partial charge in [-0.3, -0.25) is 4.79 Å². The lowest BCUT2D eigenvalue weighted by molar-refractivity contribution is -0.118. The molecular weight excluding hydrogens is 240 g/mol. The average molecular weight is 257 g/mol. The molecule has 0 aliphatic heterocycles. The summed E-state index contributed by atoms with van der Waals surface area (Å²) >= 11 is 5.78. The van der Waals surface area contributed by atoms with Gasteiger partial charge in [0.25, 0.3) is 0 Å². The molecule has 4 nitrogen and oxygen atoms in total. The van der Waals surface area contributed by atoms with Crippen LogP contribution in [0.4, 0.5) is 0 Å². The molecule has 4 N–H and O–H groups in total. The molecule has 0 fully saturated rings. The molecule has 0 unspecified atom stereocenters. The molecular formula is C12H17ClN2O2. The molecule has 0 aliphatic rings. The Hall–Kier alpha value is -1.26. The maximum absolute atomic E-state index is 10.5. The van der Waals surface area contributed by atoms with Crippen LogP contribution in [0.2, 0.25) is 5.02 Å². The fourth-order valence-corrected chi connectivity index (χ4v) is 1.67. The molecule has 0 saturated carbocycles. The number of nitrogens with two attached hydrogens (primary N) is 1. The summed E-state index contributed by atoms with van der Waals surface area (Å²) < 4.78 is 0. The third-order valence-corrected chi connectivity index (χ3v) is 2.72. The largest absolute Gasteiger partial charge is 0.506 e. The average Bonchev–Trinajstić information content (AvgIpc) is 2.28. The third kappa shape index (κ3) is 5.06. The lowest BCUT2D eigenvalue weighted by atomic mass is 10.2. The zero-order chi connectivity index (χ0) is 12.7. The van der Waals surface area contributed by atoms with Crippen molar-refractivity contribution < 1.29 is 9.90 Å². The summed E-state index contributed by atoms with van der Waals surface area (Å²) in [7, 11) is 0. The summed E-state index contributed by atoms with van der Waals surface area (Å²) in [5, 5.41) is 13.2. The van der Waals surface area contributed by atoms with Crippen LogP contribution in [0.25, 0.3) is 0 Å². The van der Waals surface area contributed by atoms with Crippen LogP contribution in [0, 0.1) is 0 Å². The number of nitrogens with one attached hydrogen (secondary N) is 1. The van der Waals surface area contributed by atoms with Crippen LogP contribution in [0.5, 0.6) is 5.75 Å². The van der Waals surface area contributed by atoms with Crippen molar-refractivity contribution in [2.45, 2.75) is 25.8 Å². The topological polar surface area (TPSA) is 75.4 Å². The van der Waals surface area contributed by atoms with Crippen molar-refractivity contribution in [1.82, 2.24) is 5.32 Å². The fraction of sp³-hybridized carbons (Fsp3) is 0.417. The molecule has 17 heavy (non-hydrogen) atoms. The minimum absolute atomic E-state index is 0.124. The number of hydrogen-bond acceptors (Lipinski definition) is 3. The second-order valence-electron chi connectivity index (χ2n) is 3.85. The Morgan fingerprint density at radius 3 is 2.88 bits per heavy atom. The second kappa shape index (κ2) is 7.14. The first-order valence-electron chi connectivity index (χ1n) is 5.56. The quantitative estimate of drug-likeness (QED) is 0.651. The van der Waals surface area contributed by atoms with Crippen molar-refractivity contribution in [1.29, 1.82) is 0 Å². The van der Waals surface area contributed by atoms with Gasteiger partial charge in [-0.1, -0.05) is 23.7 Å². The normalized spacial score (nSPS) is 10.4. The molecule has 1 amide bonds. The molecule has 1 rings (SSSR count). The lowest BCUT2D eigenvalue weighted by Crippen LogP contribution is -2.16. The second-order valence-corrected chi connectivity index (χ2v) is 4.25. The number of primary amides is 1.